The van der Waals surface area contributed by atoms with Crippen LogP contribution in [0.3, 0.4) is 0 Å². The summed E-state index contributed by atoms with van der Waals surface area (Å²) in [5, 5.41) is 22.5. The van der Waals surface area contributed by atoms with Crippen molar-refractivity contribution in [3.8, 4) is 23.6 Å². The Morgan fingerprint density at radius 1 is 0.929 bits per heavy atom. The SMILES string of the molecule is COc1ccc(C2C(C#N)=C(C)NC(C)=C2C#N)cc1OCc1ccccc1. The quantitative estimate of drug-likeness (QED) is 0.834. The van der Waals surface area contributed by atoms with Gasteiger partial charge in [0.05, 0.1) is 36.3 Å². The number of hydrogen-bond acceptors (Lipinski definition) is 5. The van der Waals surface area contributed by atoms with Crippen molar-refractivity contribution in [3.63, 3.8) is 0 Å². The molecule has 3 rings (SSSR count). The molecule has 0 aromatic heterocycles. The molecular formula is C23H21N3O2. The van der Waals surface area contributed by atoms with Gasteiger partial charge in [-0.3, -0.25) is 0 Å². The van der Waals surface area contributed by atoms with Gasteiger partial charge in [0, 0.05) is 11.4 Å². The first-order valence-electron chi connectivity index (χ1n) is 8.92. The fourth-order valence-electron chi connectivity index (χ4n) is 3.34. The van der Waals surface area contributed by atoms with E-state index in [-0.39, 0.29) is 0 Å². The van der Waals surface area contributed by atoms with Gasteiger partial charge < -0.3 is 14.8 Å². The van der Waals surface area contributed by atoms with E-state index >= 15 is 0 Å². The van der Waals surface area contributed by atoms with Crippen molar-refractivity contribution >= 4 is 0 Å². The molecule has 0 amide bonds. The molecule has 0 aliphatic carbocycles. The van der Waals surface area contributed by atoms with Crippen molar-refractivity contribution in [1.29, 1.82) is 10.5 Å². The molecular weight excluding hydrogens is 350 g/mol. The van der Waals surface area contributed by atoms with Gasteiger partial charge in [0.15, 0.2) is 11.5 Å². The molecule has 2 aromatic rings. The smallest absolute Gasteiger partial charge is 0.161 e. The van der Waals surface area contributed by atoms with Gasteiger partial charge >= 0.3 is 0 Å². The van der Waals surface area contributed by atoms with Crippen LogP contribution in [-0.4, -0.2) is 7.11 Å². The molecule has 1 N–H and O–H groups in total. The topological polar surface area (TPSA) is 78.1 Å². The van der Waals surface area contributed by atoms with Crippen LogP contribution in [0.4, 0.5) is 0 Å². The maximum absolute atomic E-state index is 9.68. The standard InChI is InChI=1S/C23H21N3O2/c1-15-19(12-24)23(20(13-25)16(2)26-15)18-9-10-21(27-3)22(11-18)28-14-17-7-5-4-6-8-17/h4-11,23,26H,14H2,1-3H3. The first-order valence-corrected chi connectivity index (χ1v) is 8.92. The third kappa shape index (κ3) is 3.70. The van der Waals surface area contributed by atoms with Gasteiger partial charge in [0.2, 0.25) is 0 Å². The highest BCUT2D eigenvalue weighted by atomic mass is 16.5. The minimum atomic E-state index is -0.429. The maximum Gasteiger partial charge on any atom is 0.161 e. The number of nitrogens with zero attached hydrogens (tertiary/aromatic N) is 2. The van der Waals surface area contributed by atoms with Crippen LogP contribution in [0.2, 0.25) is 0 Å². The van der Waals surface area contributed by atoms with Crippen LogP contribution >= 0.6 is 0 Å². The number of hydrogen-bond donors (Lipinski definition) is 1. The first-order chi connectivity index (χ1) is 13.6. The lowest BCUT2D eigenvalue weighted by atomic mass is 9.81. The molecule has 0 atom stereocenters. The fraction of sp³-hybridized carbons (Fsp3) is 0.217. The minimum Gasteiger partial charge on any atom is -0.493 e. The number of nitrogens with one attached hydrogen (secondary N) is 1. The van der Waals surface area contributed by atoms with Gasteiger partial charge in [-0.15, -0.1) is 0 Å². The second-order valence-corrected chi connectivity index (χ2v) is 6.54. The van der Waals surface area contributed by atoms with Crippen molar-refractivity contribution in [2.24, 2.45) is 0 Å². The van der Waals surface area contributed by atoms with E-state index in [0.29, 0.717) is 29.3 Å². The minimum absolute atomic E-state index is 0.396. The molecule has 0 radical (unpaired) electrons. The maximum atomic E-state index is 9.68. The number of rotatable bonds is 5. The van der Waals surface area contributed by atoms with E-state index in [9.17, 15) is 10.5 Å². The van der Waals surface area contributed by atoms with Crippen LogP contribution in [0.5, 0.6) is 11.5 Å². The predicted molar refractivity (Wildman–Crippen MR) is 106 cm³/mol. The van der Waals surface area contributed by atoms with Gasteiger partial charge in [-0.25, -0.2) is 0 Å². The van der Waals surface area contributed by atoms with Crippen LogP contribution in [0.1, 0.15) is 30.9 Å². The van der Waals surface area contributed by atoms with Crippen molar-refractivity contribution in [3.05, 3.63) is 82.2 Å². The zero-order valence-electron chi connectivity index (χ0n) is 16.1. The number of dihydropyridines is 1. The molecule has 5 heteroatoms. The molecule has 28 heavy (non-hydrogen) atoms. The van der Waals surface area contributed by atoms with Gasteiger partial charge in [-0.1, -0.05) is 36.4 Å². The highest BCUT2D eigenvalue weighted by molar-refractivity contribution is 5.57. The molecule has 0 saturated carbocycles. The van der Waals surface area contributed by atoms with Gasteiger partial charge in [-0.05, 0) is 37.1 Å². The second-order valence-electron chi connectivity index (χ2n) is 6.54. The van der Waals surface area contributed by atoms with E-state index in [4.69, 9.17) is 9.47 Å². The van der Waals surface area contributed by atoms with Crippen molar-refractivity contribution in [2.45, 2.75) is 26.4 Å². The Labute approximate surface area is 165 Å². The second kappa shape index (κ2) is 8.33. The summed E-state index contributed by atoms with van der Waals surface area (Å²) >= 11 is 0. The van der Waals surface area contributed by atoms with E-state index in [0.717, 1.165) is 22.5 Å². The van der Waals surface area contributed by atoms with Crippen LogP contribution in [0, 0.1) is 22.7 Å². The number of allylic oxidation sites excluding steroid dienone is 4. The average molecular weight is 371 g/mol. The Balaban J connectivity index is 2.01. The fourth-order valence-corrected chi connectivity index (χ4v) is 3.34. The molecule has 140 valence electrons. The first kappa shape index (κ1) is 19.1. The monoisotopic (exact) mass is 371 g/mol. The Morgan fingerprint density at radius 2 is 1.57 bits per heavy atom. The van der Waals surface area contributed by atoms with E-state index in [2.05, 4.69) is 17.5 Å². The molecule has 2 aromatic carbocycles. The lowest BCUT2D eigenvalue weighted by Crippen LogP contribution is -2.23. The Kier molecular flexibility index (Phi) is 5.67. The van der Waals surface area contributed by atoms with Crippen molar-refractivity contribution in [1.82, 2.24) is 5.32 Å². The lowest BCUT2D eigenvalue weighted by Gasteiger charge is -2.26. The largest absolute Gasteiger partial charge is 0.493 e. The molecule has 0 saturated heterocycles. The lowest BCUT2D eigenvalue weighted by molar-refractivity contribution is 0.284. The zero-order valence-corrected chi connectivity index (χ0v) is 16.1. The molecule has 1 aliphatic heterocycles. The number of ether oxygens (including phenoxy) is 2. The van der Waals surface area contributed by atoms with Crippen LogP contribution < -0.4 is 14.8 Å². The summed E-state index contributed by atoms with van der Waals surface area (Å²) < 4.78 is 11.4. The van der Waals surface area contributed by atoms with Gasteiger partial charge in [-0.2, -0.15) is 10.5 Å². The summed E-state index contributed by atoms with van der Waals surface area (Å²) in [5.74, 6) is 0.750. The average Bonchev–Trinajstić information content (AvgIpc) is 2.72. The van der Waals surface area contributed by atoms with Crippen LogP contribution in [0.15, 0.2) is 71.1 Å². The summed E-state index contributed by atoms with van der Waals surface area (Å²) in [7, 11) is 1.59. The number of benzene rings is 2. The van der Waals surface area contributed by atoms with Crippen LogP contribution in [0.25, 0.3) is 0 Å². The summed E-state index contributed by atoms with van der Waals surface area (Å²) in [5.41, 5.74) is 4.43. The summed E-state index contributed by atoms with van der Waals surface area (Å²) in [6, 6.07) is 19.9. The Morgan fingerprint density at radius 3 is 2.14 bits per heavy atom. The molecule has 0 bridgehead atoms. The highest BCUT2D eigenvalue weighted by Gasteiger charge is 2.30. The van der Waals surface area contributed by atoms with E-state index in [1.807, 2.05) is 62.4 Å². The molecule has 1 aliphatic rings. The number of nitriles is 2. The third-order valence-corrected chi connectivity index (χ3v) is 4.76. The summed E-state index contributed by atoms with van der Waals surface area (Å²) in [6.45, 7) is 4.09. The molecule has 5 nitrogen and oxygen atoms in total. The van der Waals surface area contributed by atoms with E-state index in [1.54, 1.807) is 7.11 Å². The molecule has 0 fully saturated rings. The van der Waals surface area contributed by atoms with Gasteiger partial charge in [0.25, 0.3) is 0 Å². The van der Waals surface area contributed by atoms with Gasteiger partial charge in [0.1, 0.15) is 6.61 Å². The third-order valence-electron chi connectivity index (χ3n) is 4.76. The predicted octanol–water partition coefficient (Wildman–Crippen LogP) is 4.56. The highest BCUT2D eigenvalue weighted by Crippen LogP contribution is 2.40. The molecule has 0 unspecified atom stereocenters. The van der Waals surface area contributed by atoms with E-state index < -0.39 is 5.92 Å². The Hall–Kier alpha value is -3.70. The molecule has 0 spiro atoms. The summed E-state index contributed by atoms with van der Waals surface area (Å²) in [4.78, 5) is 0. The van der Waals surface area contributed by atoms with E-state index in [1.165, 1.54) is 0 Å². The molecule has 1 heterocycles. The van der Waals surface area contributed by atoms with Crippen molar-refractivity contribution < 1.29 is 9.47 Å². The Bertz CT molecular complexity index is 988. The normalized spacial score (nSPS) is 14.2. The van der Waals surface area contributed by atoms with Crippen LogP contribution in [-0.2, 0) is 6.61 Å². The zero-order chi connectivity index (χ0) is 20.1. The van der Waals surface area contributed by atoms with Crippen molar-refractivity contribution in [2.75, 3.05) is 7.11 Å². The summed E-state index contributed by atoms with van der Waals surface area (Å²) in [6.07, 6.45) is 0. The number of methoxy groups -OCH3 is 1.